The highest BCUT2D eigenvalue weighted by Crippen LogP contribution is 2.27. The number of rotatable bonds is 4. The first kappa shape index (κ1) is 13.1. The molecule has 18 heavy (non-hydrogen) atoms. The van der Waals surface area contributed by atoms with Crippen LogP contribution in [0.1, 0.15) is 24.9 Å². The highest BCUT2D eigenvalue weighted by molar-refractivity contribution is 5.68. The van der Waals surface area contributed by atoms with Gasteiger partial charge in [0.2, 0.25) is 0 Å². The van der Waals surface area contributed by atoms with Crippen LogP contribution in [0.15, 0.2) is 30.3 Å². The van der Waals surface area contributed by atoms with Gasteiger partial charge in [-0.05, 0) is 12.5 Å². The molecule has 0 amide bonds. The maximum atomic E-state index is 11.1. The molecule has 1 fully saturated rings. The van der Waals surface area contributed by atoms with Gasteiger partial charge >= 0.3 is 5.97 Å². The van der Waals surface area contributed by atoms with Crippen LogP contribution >= 0.6 is 0 Å². The molecule has 0 aromatic heterocycles. The van der Waals surface area contributed by atoms with E-state index in [4.69, 9.17) is 9.84 Å². The summed E-state index contributed by atoms with van der Waals surface area (Å²) in [6.07, 6.45) is 0.133. The number of hydrogen-bond donors (Lipinski definition) is 1. The predicted molar refractivity (Wildman–Crippen MR) is 68.4 cm³/mol. The summed E-state index contributed by atoms with van der Waals surface area (Å²) in [5, 5.41) is 9.10. The molecule has 4 heteroatoms. The highest BCUT2D eigenvalue weighted by Gasteiger charge is 2.29. The van der Waals surface area contributed by atoms with E-state index in [0.29, 0.717) is 13.2 Å². The Hall–Kier alpha value is -1.39. The maximum absolute atomic E-state index is 11.1. The first-order chi connectivity index (χ1) is 8.68. The third kappa shape index (κ3) is 3.09. The van der Waals surface area contributed by atoms with Crippen LogP contribution in [0.4, 0.5) is 0 Å². The number of hydrogen-bond acceptors (Lipinski definition) is 3. The molecule has 0 bridgehead atoms. The van der Waals surface area contributed by atoms with Crippen LogP contribution in [-0.2, 0) is 9.53 Å². The second kappa shape index (κ2) is 5.98. The van der Waals surface area contributed by atoms with E-state index in [0.717, 1.165) is 12.1 Å². The zero-order valence-electron chi connectivity index (χ0n) is 10.6. The molecule has 2 unspecified atom stereocenters. The Bertz CT molecular complexity index is 393. The number of carbonyl (C=O) groups is 1. The Labute approximate surface area is 107 Å². The van der Waals surface area contributed by atoms with Gasteiger partial charge in [-0.25, -0.2) is 0 Å². The molecule has 1 aliphatic heterocycles. The van der Waals surface area contributed by atoms with E-state index < -0.39 is 5.97 Å². The monoisotopic (exact) mass is 249 g/mol. The van der Waals surface area contributed by atoms with E-state index >= 15 is 0 Å². The molecule has 1 N–H and O–H groups in total. The SMILES string of the molecule is CC1COCCN1C(CC(=O)O)c1ccccc1. The van der Waals surface area contributed by atoms with E-state index in [1.54, 1.807) is 0 Å². The first-order valence-electron chi connectivity index (χ1n) is 6.28. The molecule has 2 atom stereocenters. The van der Waals surface area contributed by atoms with Crippen molar-refractivity contribution in [3.8, 4) is 0 Å². The van der Waals surface area contributed by atoms with Crippen LogP contribution in [0.5, 0.6) is 0 Å². The fourth-order valence-corrected chi connectivity index (χ4v) is 2.47. The maximum Gasteiger partial charge on any atom is 0.305 e. The van der Waals surface area contributed by atoms with Crippen molar-refractivity contribution in [1.82, 2.24) is 4.90 Å². The second-order valence-electron chi connectivity index (χ2n) is 4.69. The number of carboxylic acids is 1. The largest absolute Gasteiger partial charge is 0.481 e. The molecule has 1 aromatic rings. The summed E-state index contributed by atoms with van der Waals surface area (Å²) in [7, 11) is 0. The van der Waals surface area contributed by atoms with Crippen LogP contribution in [-0.4, -0.2) is 41.8 Å². The van der Waals surface area contributed by atoms with Crippen LogP contribution in [0.3, 0.4) is 0 Å². The molecule has 1 aliphatic rings. The number of carboxylic acid groups (broad SMARTS) is 1. The van der Waals surface area contributed by atoms with E-state index in [2.05, 4.69) is 11.8 Å². The quantitative estimate of drug-likeness (QED) is 0.885. The molecular weight excluding hydrogens is 230 g/mol. The van der Waals surface area contributed by atoms with Gasteiger partial charge in [-0.2, -0.15) is 0 Å². The summed E-state index contributed by atoms with van der Waals surface area (Å²) in [5.41, 5.74) is 1.06. The van der Waals surface area contributed by atoms with E-state index in [9.17, 15) is 4.79 Å². The summed E-state index contributed by atoms with van der Waals surface area (Å²) >= 11 is 0. The normalized spacial score (nSPS) is 22.6. The lowest BCUT2D eigenvalue weighted by Gasteiger charge is -2.39. The standard InChI is InChI=1S/C14H19NO3/c1-11-10-18-8-7-15(11)13(9-14(16)17)12-5-3-2-4-6-12/h2-6,11,13H,7-10H2,1H3,(H,16,17). The predicted octanol–water partition coefficient (Wildman–Crippen LogP) is 1.92. The number of ether oxygens (including phenoxy) is 1. The number of morpholine rings is 1. The minimum absolute atomic E-state index is 0.0670. The Balaban J connectivity index is 2.21. The smallest absolute Gasteiger partial charge is 0.305 e. The third-order valence-electron chi connectivity index (χ3n) is 3.37. The van der Waals surface area contributed by atoms with E-state index in [1.165, 1.54) is 0 Å². The molecule has 2 rings (SSSR count). The van der Waals surface area contributed by atoms with Gasteiger partial charge in [0.25, 0.3) is 0 Å². The number of nitrogens with zero attached hydrogens (tertiary/aromatic N) is 1. The first-order valence-corrected chi connectivity index (χ1v) is 6.28. The van der Waals surface area contributed by atoms with Gasteiger partial charge in [-0.3, -0.25) is 9.69 Å². The van der Waals surface area contributed by atoms with Crippen LogP contribution in [0, 0.1) is 0 Å². The lowest BCUT2D eigenvalue weighted by Crippen LogP contribution is -2.46. The molecule has 0 radical (unpaired) electrons. The molecule has 0 saturated carbocycles. The summed E-state index contributed by atoms with van der Waals surface area (Å²) in [6.45, 7) is 4.21. The van der Waals surface area contributed by atoms with Gasteiger partial charge < -0.3 is 9.84 Å². The van der Waals surface area contributed by atoms with Crippen molar-refractivity contribution >= 4 is 5.97 Å². The summed E-state index contributed by atoms with van der Waals surface area (Å²) in [6, 6.07) is 10.0. The highest BCUT2D eigenvalue weighted by atomic mass is 16.5. The van der Waals surface area contributed by atoms with Crippen molar-refractivity contribution in [3.63, 3.8) is 0 Å². The van der Waals surface area contributed by atoms with Gasteiger partial charge in [0.1, 0.15) is 0 Å². The van der Waals surface area contributed by atoms with Crippen LogP contribution < -0.4 is 0 Å². The minimum Gasteiger partial charge on any atom is -0.481 e. The summed E-state index contributed by atoms with van der Waals surface area (Å²) in [4.78, 5) is 13.3. The number of benzene rings is 1. The molecule has 1 aromatic carbocycles. The molecule has 98 valence electrons. The molecule has 1 saturated heterocycles. The fraction of sp³-hybridized carbons (Fsp3) is 0.500. The van der Waals surface area contributed by atoms with E-state index in [-0.39, 0.29) is 18.5 Å². The zero-order valence-corrected chi connectivity index (χ0v) is 10.6. The molecule has 1 heterocycles. The lowest BCUT2D eigenvalue weighted by molar-refractivity contribution is -0.139. The molecule has 0 spiro atoms. The Morgan fingerprint density at radius 2 is 2.22 bits per heavy atom. The minimum atomic E-state index is -0.762. The third-order valence-corrected chi connectivity index (χ3v) is 3.37. The fourth-order valence-electron chi connectivity index (χ4n) is 2.47. The molecular formula is C14H19NO3. The number of aliphatic carboxylic acids is 1. The Morgan fingerprint density at radius 3 is 2.83 bits per heavy atom. The average Bonchev–Trinajstić information content (AvgIpc) is 2.38. The summed E-state index contributed by atoms with van der Waals surface area (Å²) in [5.74, 6) is -0.762. The van der Waals surface area contributed by atoms with Gasteiger partial charge in [0.15, 0.2) is 0 Å². The summed E-state index contributed by atoms with van der Waals surface area (Å²) < 4.78 is 5.41. The average molecular weight is 249 g/mol. The van der Waals surface area contributed by atoms with Gasteiger partial charge in [0, 0.05) is 18.6 Å². The van der Waals surface area contributed by atoms with Gasteiger partial charge in [-0.1, -0.05) is 30.3 Å². The van der Waals surface area contributed by atoms with Crippen molar-refractivity contribution in [2.75, 3.05) is 19.8 Å². The zero-order chi connectivity index (χ0) is 13.0. The van der Waals surface area contributed by atoms with Crippen LogP contribution in [0.25, 0.3) is 0 Å². The van der Waals surface area contributed by atoms with Gasteiger partial charge in [-0.15, -0.1) is 0 Å². The molecule has 4 nitrogen and oxygen atoms in total. The second-order valence-corrected chi connectivity index (χ2v) is 4.69. The van der Waals surface area contributed by atoms with E-state index in [1.807, 2.05) is 30.3 Å². The topological polar surface area (TPSA) is 49.8 Å². The lowest BCUT2D eigenvalue weighted by atomic mass is 10.00. The van der Waals surface area contributed by atoms with Crippen molar-refractivity contribution in [2.45, 2.75) is 25.4 Å². The molecule has 0 aliphatic carbocycles. The van der Waals surface area contributed by atoms with Gasteiger partial charge in [0.05, 0.1) is 19.6 Å². The van der Waals surface area contributed by atoms with Crippen LogP contribution in [0.2, 0.25) is 0 Å². The van der Waals surface area contributed by atoms with Crippen molar-refractivity contribution < 1.29 is 14.6 Å². The Morgan fingerprint density at radius 1 is 1.50 bits per heavy atom. The Kier molecular flexibility index (Phi) is 4.33. The van der Waals surface area contributed by atoms with Crippen molar-refractivity contribution in [1.29, 1.82) is 0 Å². The van der Waals surface area contributed by atoms with Crippen molar-refractivity contribution in [2.24, 2.45) is 0 Å². The van der Waals surface area contributed by atoms with Crippen molar-refractivity contribution in [3.05, 3.63) is 35.9 Å².